The van der Waals surface area contributed by atoms with Gasteiger partial charge in [0.15, 0.2) is 5.16 Å². The highest BCUT2D eigenvalue weighted by molar-refractivity contribution is 7.98. The minimum Gasteiger partial charge on any atom is -0.394 e. The zero-order chi connectivity index (χ0) is 14.4. The quantitative estimate of drug-likeness (QED) is 0.302. The van der Waals surface area contributed by atoms with Gasteiger partial charge in [-0.1, -0.05) is 11.8 Å². The van der Waals surface area contributed by atoms with Crippen molar-refractivity contribution in [1.82, 2.24) is 9.97 Å². The average molecular weight is 299 g/mol. The van der Waals surface area contributed by atoms with Crippen LogP contribution in [-0.4, -0.2) is 53.7 Å². The van der Waals surface area contributed by atoms with Crippen LogP contribution in [0.4, 0.5) is 11.6 Å². The molecule has 2 rings (SSSR count). The van der Waals surface area contributed by atoms with Gasteiger partial charge in [0.05, 0.1) is 19.3 Å². The topological polar surface area (TPSA) is 96.5 Å². The number of aromatic nitrogens is 2. The van der Waals surface area contributed by atoms with Crippen LogP contribution in [0.3, 0.4) is 0 Å². The fourth-order valence-corrected chi connectivity index (χ4v) is 2.59. The fourth-order valence-electron chi connectivity index (χ4n) is 2.21. The van der Waals surface area contributed by atoms with Crippen molar-refractivity contribution in [1.29, 1.82) is 0 Å². The number of hydrogen-bond acceptors (Lipinski definition) is 8. The summed E-state index contributed by atoms with van der Waals surface area (Å²) < 4.78 is 5.56. The Morgan fingerprint density at radius 1 is 1.50 bits per heavy atom. The van der Waals surface area contributed by atoms with E-state index in [1.54, 1.807) is 0 Å². The molecule has 0 aliphatic carbocycles. The van der Waals surface area contributed by atoms with Gasteiger partial charge in [0.25, 0.3) is 0 Å². The Morgan fingerprint density at radius 2 is 2.25 bits per heavy atom. The van der Waals surface area contributed by atoms with Crippen LogP contribution < -0.4 is 16.2 Å². The molecule has 2 heterocycles. The number of anilines is 2. The van der Waals surface area contributed by atoms with Gasteiger partial charge in [0.2, 0.25) is 0 Å². The lowest BCUT2D eigenvalue weighted by Crippen LogP contribution is -2.38. The summed E-state index contributed by atoms with van der Waals surface area (Å²) in [6.45, 7) is 2.25. The van der Waals surface area contributed by atoms with E-state index in [0.717, 1.165) is 31.7 Å². The fraction of sp³-hybridized carbons (Fsp3) is 0.667. The Labute approximate surface area is 122 Å². The van der Waals surface area contributed by atoms with Crippen molar-refractivity contribution in [2.24, 2.45) is 5.84 Å². The molecule has 0 aromatic carbocycles. The standard InChI is InChI=1S/C12H21N5O2S/c1-20-12-14-10(16-13)8-11(15-12)17-4-2-9(3-5-17)19-7-6-18/h8-9,18H,2-7,13H2,1H3,(H,14,15,16). The highest BCUT2D eigenvalue weighted by Gasteiger charge is 2.21. The molecule has 20 heavy (non-hydrogen) atoms. The summed E-state index contributed by atoms with van der Waals surface area (Å²) in [7, 11) is 0. The maximum Gasteiger partial charge on any atom is 0.191 e. The summed E-state index contributed by atoms with van der Waals surface area (Å²) in [6.07, 6.45) is 4.04. The molecular weight excluding hydrogens is 278 g/mol. The van der Waals surface area contributed by atoms with Crippen LogP contribution in [0.2, 0.25) is 0 Å². The van der Waals surface area contributed by atoms with E-state index in [0.29, 0.717) is 17.6 Å². The number of rotatable bonds is 6. The van der Waals surface area contributed by atoms with Gasteiger partial charge >= 0.3 is 0 Å². The van der Waals surface area contributed by atoms with Crippen molar-refractivity contribution in [3.63, 3.8) is 0 Å². The second kappa shape index (κ2) is 7.63. The molecule has 0 bridgehead atoms. The normalized spacial score (nSPS) is 16.4. The summed E-state index contributed by atoms with van der Waals surface area (Å²) in [5.41, 5.74) is 2.57. The molecule has 4 N–H and O–H groups in total. The van der Waals surface area contributed by atoms with Gasteiger partial charge in [-0.25, -0.2) is 15.8 Å². The Kier molecular flexibility index (Phi) is 5.84. The van der Waals surface area contributed by atoms with E-state index >= 15 is 0 Å². The third-order valence-electron chi connectivity index (χ3n) is 3.23. The van der Waals surface area contributed by atoms with Crippen LogP contribution in [0.1, 0.15) is 12.8 Å². The summed E-state index contributed by atoms with van der Waals surface area (Å²) in [5.74, 6) is 6.95. The van der Waals surface area contributed by atoms with Gasteiger partial charge in [0, 0.05) is 19.2 Å². The molecule has 0 amide bonds. The third kappa shape index (κ3) is 3.95. The Morgan fingerprint density at radius 3 is 2.85 bits per heavy atom. The highest BCUT2D eigenvalue weighted by atomic mass is 32.2. The average Bonchev–Trinajstić information content (AvgIpc) is 2.52. The van der Waals surface area contributed by atoms with E-state index in [9.17, 15) is 0 Å². The van der Waals surface area contributed by atoms with Crippen molar-refractivity contribution < 1.29 is 9.84 Å². The van der Waals surface area contributed by atoms with Gasteiger partial charge in [-0.15, -0.1) is 0 Å². The molecule has 8 heteroatoms. The summed E-state index contributed by atoms with van der Waals surface area (Å²) in [6, 6.07) is 1.86. The number of aliphatic hydroxyl groups excluding tert-OH is 1. The van der Waals surface area contributed by atoms with Gasteiger partial charge in [-0.2, -0.15) is 0 Å². The van der Waals surface area contributed by atoms with E-state index in [1.807, 2.05) is 12.3 Å². The molecule has 7 nitrogen and oxygen atoms in total. The lowest BCUT2D eigenvalue weighted by Gasteiger charge is -2.32. The van der Waals surface area contributed by atoms with E-state index in [2.05, 4.69) is 20.3 Å². The van der Waals surface area contributed by atoms with Crippen molar-refractivity contribution >= 4 is 23.4 Å². The van der Waals surface area contributed by atoms with Crippen LogP contribution in [0.15, 0.2) is 11.2 Å². The Bertz CT molecular complexity index is 404. The summed E-state index contributed by atoms with van der Waals surface area (Å²) in [4.78, 5) is 11.0. The van der Waals surface area contributed by atoms with Crippen molar-refractivity contribution in [3.05, 3.63) is 6.07 Å². The van der Waals surface area contributed by atoms with Crippen molar-refractivity contribution in [2.45, 2.75) is 24.1 Å². The number of nitrogens with zero attached hydrogens (tertiary/aromatic N) is 3. The second-order valence-electron chi connectivity index (χ2n) is 4.52. The number of hydrogen-bond donors (Lipinski definition) is 3. The van der Waals surface area contributed by atoms with Crippen LogP contribution >= 0.6 is 11.8 Å². The number of hydrazine groups is 1. The van der Waals surface area contributed by atoms with Crippen molar-refractivity contribution in [3.8, 4) is 0 Å². The minimum atomic E-state index is 0.0781. The lowest BCUT2D eigenvalue weighted by molar-refractivity contribution is 0.0158. The number of ether oxygens (including phenoxy) is 1. The maximum atomic E-state index is 8.77. The molecule has 0 atom stereocenters. The SMILES string of the molecule is CSc1nc(NN)cc(N2CCC(OCCO)CC2)n1. The van der Waals surface area contributed by atoms with E-state index in [1.165, 1.54) is 11.8 Å². The largest absolute Gasteiger partial charge is 0.394 e. The van der Waals surface area contributed by atoms with E-state index < -0.39 is 0 Å². The van der Waals surface area contributed by atoms with E-state index in [4.69, 9.17) is 15.7 Å². The molecule has 1 aliphatic heterocycles. The second-order valence-corrected chi connectivity index (χ2v) is 5.30. The number of nitrogens with two attached hydrogens (primary N) is 1. The lowest BCUT2D eigenvalue weighted by atomic mass is 10.1. The van der Waals surface area contributed by atoms with E-state index in [-0.39, 0.29) is 12.7 Å². The number of nitrogens with one attached hydrogen (secondary N) is 1. The molecule has 1 aromatic rings. The maximum absolute atomic E-state index is 8.77. The smallest absolute Gasteiger partial charge is 0.191 e. The predicted octanol–water partition coefficient (Wildman–Crippen LogP) is 0.462. The first-order valence-electron chi connectivity index (χ1n) is 6.64. The third-order valence-corrected chi connectivity index (χ3v) is 3.78. The summed E-state index contributed by atoms with van der Waals surface area (Å²) in [5, 5.41) is 9.47. The van der Waals surface area contributed by atoms with Gasteiger partial charge < -0.3 is 20.2 Å². The molecule has 1 aromatic heterocycles. The number of piperidine rings is 1. The molecule has 112 valence electrons. The highest BCUT2D eigenvalue weighted by Crippen LogP contribution is 2.23. The minimum absolute atomic E-state index is 0.0781. The molecule has 0 radical (unpaired) electrons. The van der Waals surface area contributed by atoms with Crippen LogP contribution in [0.25, 0.3) is 0 Å². The first kappa shape index (κ1) is 15.3. The zero-order valence-electron chi connectivity index (χ0n) is 11.6. The first-order valence-corrected chi connectivity index (χ1v) is 7.86. The van der Waals surface area contributed by atoms with Crippen LogP contribution in [0, 0.1) is 0 Å². The molecular formula is C12H21N5O2S. The first-order chi connectivity index (χ1) is 9.76. The number of nitrogen functional groups attached to an aromatic ring is 1. The monoisotopic (exact) mass is 299 g/mol. The summed E-state index contributed by atoms with van der Waals surface area (Å²) >= 11 is 1.49. The van der Waals surface area contributed by atoms with Crippen LogP contribution in [-0.2, 0) is 4.74 Å². The van der Waals surface area contributed by atoms with Gasteiger partial charge in [0.1, 0.15) is 11.6 Å². The molecule has 1 fully saturated rings. The van der Waals surface area contributed by atoms with Crippen LogP contribution in [0.5, 0.6) is 0 Å². The molecule has 1 aliphatic rings. The molecule has 1 saturated heterocycles. The Hall–Kier alpha value is -1.09. The number of aliphatic hydroxyl groups is 1. The Balaban J connectivity index is 1.99. The molecule has 0 unspecified atom stereocenters. The van der Waals surface area contributed by atoms with Gasteiger partial charge in [-0.3, -0.25) is 0 Å². The molecule has 0 spiro atoms. The predicted molar refractivity (Wildman–Crippen MR) is 79.9 cm³/mol. The zero-order valence-corrected chi connectivity index (χ0v) is 12.4. The molecule has 0 saturated carbocycles. The van der Waals surface area contributed by atoms with Crippen molar-refractivity contribution in [2.75, 3.05) is 42.9 Å². The van der Waals surface area contributed by atoms with Gasteiger partial charge in [-0.05, 0) is 19.1 Å². The number of thioether (sulfide) groups is 1.